The number of primary amides is 1. The number of carbonyl (C=O) groups excluding carboxylic acids is 1. The third-order valence-corrected chi connectivity index (χ3v) is 3.48. The minimum atomic E-state index is -0.950. The van der Waals surface area contributed by atoms with Gasteiger partial charge >= 0.3 is 5.97 Å². The number of amides is 1. The van der Waals surface area contributed by atoms with Crippen molar-refractivity contribution in [2.75, 3.05) is 0 Å². The molecule has 0 spiro atoms. The van der Waals surface area contributed by atoms with Gasteiger partial charge in [0.05, 0.1) is 0 Å². The molecule has 1 rings (SSSR count). The number of aryl methyl sites for hydroxylation is 1. The van der Waals surface area contributed by atoms with E-state index < -0.39 is 17.4 Å². The lowest BCUT2D eigenvalue weighted by Gasteiger charge is -2.25. The van der Waals surface area contributed by atoms with E-state index in [4.69, 9.17) is 5.73 Å². The van der Waals surface area contributed by atoms with Gasteiger partial charge in [-0.05, 0) is 43.5 Å². The molecule has 4 N–H and O–H groups in total. The van der Waals surface area contributed by atoms with E-state index in [1.165, 1.54) is 0 Å². The van der Waals surface area contributed by atoms with Crippen molar-refractivity contribution in [2.24, 2.45) is 5.73 Å². The van der Waals surface area contributed by atoms with Crippen LogP contribution in [0.1, 0.15) is 41.8 Å². The molecule has 0 aliphatic carbocycles. The van der Waals surface area contributed by atoms with Crippen LogP contribution in [0.3, 0.4) is 0 Å². The fourth-order valence-electron chi connectivity index (χ4n) is 1.69. The fourth-order valence-corrected chi connectivity index (χ4v) is 1.69. The van der Waals surface area contributed by atoms with Gasteiger partial charge in [-0.15, -0.1) is 0 Å². The Hall–Kier alpha value is -1.88. The summed E-state index contributed by atoms with van der Waals surface area (Å²) in [4.78, 5) is 22.2. The monoisotopic (exact) mass is 264 g/mol. The van der Waals surface area contributed by atoms with Crippen molar-refractivity contribution in [1.82, 2.24) is 5.32 Å². The predicted octanol–water partition coefficient (Wildman–Crippen LogP) is 1.44. The number of hydrogen-bond donors (Lipinski definition) is 3. The van der Waals surface area contributed by atoms with Gasteiger partial charge in [-0.2, -0.15) is 0 Å². The molecule has 1 aromatic rings. The molecule has 0 bridgehead atoms. The number of benzene rings is 1. The molecule has 0 aliphatic rings. The van der Waals surface area contributed by atoms with Gasteiger partial charge in [0.2, 0.25) is 5.91 Å². The van der Waals surface area contributed by atoms with Gasteiger partial charge in [0.25, 0.3) is 0 Å². The standard InChI is InChI=1S/C14H20N2O3/c1-4-14(3,13(18)19)16-8-11-6-5-10(12(15)17)7-9(11)2/h5-7,16H,4,8H2,1-3H3,(H2,15,17)(H,18,19). The highest BCUT2D eigenvalue weighted by Gasteiger charge is 2.30. The molecule has 1 aromatic carbocycles. The highest BCUT2D eigenvalue weighted by atomic mass is 16.4. The van der Waals surface area contributed by atoms with Crippen LogP contribution in [-0.2, 0) is 11.3 Å². The molecule has 1 unspecified atom stereocenters. The number of carboxylic acids is 1. The molecule has 19 heavy (non-hydrogen) atoms. The third kappa shape index (κ3) is 3.54. The molecule has 104 valence electrons. The summed E-state index contributed by atoms with van der Waals surface area (Å²) in [5.41, 5.74) is 6.57. The van der Waals surface area contributed by atoms with Gasteiger partial charge in [0.1, 0.15) is 5.54 Å². The topological polar surface area (TPSA) is 92.4 Å². The predicted molar refractivity (Wildman–Crippen MR) is 72.9 cm³/mol. The molecule has 5 nitrogen and oxygen atoms in total. The van der Waals surface area contributed by atoms with E-state index in [-0.39, 0.29) is 0 Å². The second-order valence-electron chi connectivity index (χ2n) is 4.85. The number of rotatable bonds is 6. The van der Waals surface area contributed by atoms with Gasteiger partial charge in [0.15, 0.2) is 0 Å². The lowest BCUT2D eigenvalue weighted by atomic mass is 9.97. The zero-order valence-electron chi connectivity index (χ0n) is 11.5. The first-order chi connectivity index (χ1) is 8.80. The summed E-state index contributed by atoms with van der Waals surface area (Å²) in [6.45, 7) is 5.78. The molecule has 0 radical (unpaired) electrons. The highest BCUT2D eigenvalue weighted by Crippen LogP contribution is 2.14. The summed E-state index contributed by atoms with van der Waals surface area (Å²) in [6.07, 6.45) is 0.487. The van der Waals surface area contributed by atoms with Crippen LogP contribution in [0.4, 0.5) is 0 Å². The highest BCUT2D eigenvalue weighted by molar-refractivity contribution is 5.93. The number of carbonyl (C=O) groups is 2. The molecule has 0 saturated carbocycles. The molecular weight excluding hydrogens is 244 g/mol. The van der Waals surface area contributed by atoms with Gasteiger partial charge < -0.3 is 10.8 Å². The van der Waals surface area contributed by atoms with E-state index in [1.807, 2.05) is 13.8 Å². The Morgan fingerprint density at radius 2 is 2.05 bits per heavy atom. The summed E-state index contributed by atoms with van der Waals surface area (Å²) in [5, 5.41) is 12.2. The number of carboxylic acid groups (broad SMARTS) is 1. The van der Waals surface area contributed by atoms with E-state index in [9.17, 15) is 14.7 Å². The van der Waals surface area contributed by atoms with Crippen LogP contribution in [0.5, 0.6) is 0 Å². The van der Waals surface area contributed by atoms with Crippen molar-refractivity contribution < 1.29 is 14.7 Å². The SMILES string of the molecule is CCC(C)(NCc1ccc(C(N)=O)cc1C)C(=O)O. The molecule has 0 heterocycles. The molecule has 1 atom stereocenters. The zero-order valence-corrected chi connectivity index (χ0v) is 11.5. The van der Waals surface area contributed by atoms with Crippen molar-refractivity contribution in [3.8, 4) is 0 Å². The summed E-state index contributed by atoms with van der Waals surface area (Å²) < 4.78 is 0. The quantitative estimate of drug-likeness (QED) is 0.724. The molecule has 0 aromatic heterocycles. The van der Waals surface area contributed by atoms with E-state index in [0.29, 0.717) is 18.5 Å². The van der Waals surface area contributed by atoms with Crippen molar-refractivity contribution in [2.45, 2.75) is 39.3 Å². The van der Waals surface area contributed by atoms with Crippen LogP contribution in [0.15, 0.2) is 18.2 Å². The number of nitrogens with two attached hydrogens (primary N) is 1. The molecule has 0 saturated heterocycles. The first-order valence-electron chi connectivity index (χ1n) is 6.18. The number of hydrogen-bond acceptors (Lipinski definition) is 3. The van der Waals surface area contributed by atoms with Crippen LogP contribution >= 0.6 is 0 Å². The Bertz CT molecular complexity index is 499. The summed E-state index contributed by atoms with van der Waals surface area (Å²) in [5.74, 6) is -1.34. The Morgan fingerprint density at radius 1 is 1.42 bits per heavy atom. The van der Waals surface area contributed by atoms with Crippen LogP contribution in [0.2, 0.25) is 0 Å². The molecular formula is C14H20N2O3. The normalized spacial score (nSPS) is 13.8. The fraction of sp³-hybridized carbons (Fsp3) is 0.429. The minimum absolute atomic E-state index is 0.432. The van der Waals surface area contributed by atoms with Crippen molar-refractivity contribution >= 4 is 11.9 Å². The second-order valence-corrected chi connectivity index (χ2v) is 4.85. The van der Waals surface area contributed by atoms with Gasteiger partial charge in [0, 0.05) is 12.1 Å². The van der Waals surface area contributed by atoms with E-state index in [1.54, 1.807) is 25.1 Å². The number of aliphatic carboxylic acids is 1. The maximum absolute atomic E-state index is 11.2. The van der Waals surface area contributed by atoms with Crippen LogP contribution in [0, 0.1) is 6.92 Å². The summed E-state index contributed by atoms with van der Waals surface area (Å²) in [7, 11) is 0. The van der Waals surface area contributed by atoms with Gasteiger partial charge in [-0.1, -0.05) is 13.0 Å². The van der Waals surface area contributed by atoms with E-state index in [2.05, 4.69) is 5.32 Å². The average molecular weight is 264 g/mol. The minimum Gasteiger partial charge on any atom is -0.480 e. The maximum atomic E-state index is 11.2. The van der Waals surface area contributed by atoms with Crippen molar-refractivity contribution in [3.05, 3.63) is 34.9 Å². The first kappa shape index (κ1) is 15.2. The van der Waals surface area contributed by atoms with E-state index >= 15 is 0 Å². The van der Waals surface area contributed by atoms with Crippen molar-refractivity contribution in [3.63, 3.8) is 0 Å². The maximum Gasteiger partial charge on any atom is 0.323 e. The summed E-state index contributed by atoms with van der Waals surface area (Å²) in [6, 6.07) is 5.15. The molecule has 5 heteroatoms. The Kier molecular flexibility index (Phi) is 4.67. The molecule has 0 fully saturated rings. The average Bonchev–Trinajstić information content (AvgIpc) is 2.36. The molecule has 1 amide bonds. The summed E-state index contributed by atoms with van der Waals surface area (Å²) >= 11 is 0. The van der Waals surface area contributed by atoms with Gasteiger partial charge in [-0.25, -0.2) is 0 Å². The lowest BCUT2D eigenvalue weighted by molar-refractivity contribution is -0.144. The third-order valence-electron chi connectivity index (χ3n) is 3.48. The Morgan fingerprint density at radius 3 is 2.47 bits per heavy atom. The zero-order chi connectivity index (χ0) is 14.6. The van der Waals surface area contributed by atoms with Crippen molar-refractivity contribution in [1.29, 1.82) is 0 Å². The van der Waals surface area contributed by atoms with Gasteiger partial charge in [-0.3, -0.25) is 14.9 Å². The second kappa shape index (κ2) is 5.84. The largest absolute Gasteiger partial charge is 0.480 e. The smallest absolute Gasteiger partial charge is 0.323 e. The van der Waals surface area contributed by atoms with Crippen LogP contribution in [-0.4, -0.2) is 22.5 Å². The molecule has 0 aliphatic heterocycles. The first-order valence-corrected chi connectivity index (χ1v) is 6.18. The lowest BCUT2D eigenvalue weighted by Crippen LogP contribution is -2.48. The Balaban J connectivity index is 2.84. The van der Waals surface area contributed by atoms with Crippen LogP contribution < -0.4 is 11.1 Å². The number of nitrogens with one attached hydrogen (secondary N) is 1. The van der Waals surface area contributed by atoms with E-state index in [0.717, 1.165) is 11.1 Å². The Labute approximate surface area is 112 Å². The van der Waals surface area contributed by atoms with Crippen LogP contribution in [0.25, 0.3) is 0 Å².